The molecule has 3 aromatic rings. The summed E-state index contributed by atoms with van der Waals surface area (Å²) < 4.78 is 0. The normalized spacial score (nSPS) is 12.1. The third-order valence-electron chi connectivity index (χ3n) is 4.82. The van der Waals surface area contributed by atoms with Crippen LogP contribution in [-0.4, -0.2) is 23.2 Å². The Morgan fingerprint density at radius 3 is 2.46 bits per heavy atom. The van der Waals surface area contributed by atoms with Gasteiger partial charge in [-0.1, -0.05) is 62.4 Å². The first-order valence-corrected chi connectivity index (χ1v) is 9.08. The summed E-state index contributed by atoms with van der Waals surface area (Å²) in [4.78, 5) is 27.5. The van der Waals surface area contributed by atoms with E-state index in [1.54, 1.807) is 6.92 Å². The van der Waals surface area contributed by atoms with Gasteiger partial charge in [0, 0.05) is 29.1 Å². The highest BCUT2D eigenvalue weighted by Crippen LogP contribution is 2.30. The third kappa shape index (κ3) is 3.69. The maximum atomic E-state index is 12.0. The van der Waals surface area contributed by atoms with Gasteiger partial charge in [-0.2, -0.15) is 0 Å². The molecule has 0 fully saturated rings. The van der Waals surface area contributed by atoms with Gasteiger partial charge in [0.2, 0.25) is 5.78 Å². The van der Waals surface area contributed by atoms with Crippen LogP contribution in [-0.2, 0) is 16.0 Å². The molecule has 0 aliphatic heterocycles. The SMILES string of the molecule is CCC(C)C(=O)C(=O)NCCc1c(-c2ccccc2)[nH]c2ccccc12. The molecule has 26 heavy (non-hydrogen) atoms. The number of H-pyrrole nitrogens is 1. The van der Waals surface area contributed by atoms with Gasteiger partial charge in [0.25, 0.3) is 5.91 Å². The van der Waals surface area contributed by atoms with Crippen LogP contribution in [0.2, 0.25) is 0 Å². The highest BCUT2D eigenvalue weighted by atomic mass is 16.2. The Balaban J connectivity index is 1.81. The highest BCUT2D eigenvalue weighted by Gasteiger charge is 2.19. The number of Topliss-reactive ketones (excluding diaryl/α,β-unsaturated/α-hetero) is 1. The van der Waals surface area contributed by atoms with Gasteiger partial charge in [-0.15, -0.1) is 0 Å². The van der Waals surface area contributed by atoms with E-state index in [0.29, 0.717) is 19.4 Å². The lowest BCUT2D eigenvalue weighted by Crippen LogP contribution is -2.35. The van der Waals surface area contributed by atoms with E-state index in [4.69, 9.17) is 0 Å². The van der Waals surface area contributed by atoms with Gasteiger partial charge >= 0.3 is 0 Å². The fourth-order valence-electron chi connectivity index (χ4n) is 3.11. The summed E-state index contributed by atoms with van der Waals surface area (Å²) in [5, 5.41) is 3.92. The number of hydrogen-bond acceptors (Lipinski definition) is 2. The Morgan fingerprint density at radius 1 is 1.04 bits per heavy atom. The first-order valence-electron chi connectivity index (χ1n) is 9.08. The summed E-state index contributed by atoms with van der Waals surface area (Å²) in [7, 11) is 0. The molecule has 2 N–H and O–H groups in total. The second kappa shape index (κ2) is 8.00. The summed E-state index contributed by atoms with van der Waals surface area (Å²) in [6, 6.07) is 18.3. The van der Waals surface area contributed by atoms with Gasteiger partial charge in [0.1, 0.15) is 0 Å². The largest absolute Gasteiger partial charge is 0.354 e. The van der Waals surface area contributed by atoms with Gasteiger partial charge in [0.05, 0.1) is 0 Å². The number of aromatic nitrogens is 1. The van der Waals surface area contributed by atoms with Crippen molar-refractivity contribution in [2.75, 3.05) is 6.54 Å². The van der Waals surface area contributed by atoms with Gasteiger partial charge in [-0.25, -0.2) is 0 Å². The second-order valence-corrected chi connectivity index (χ2v) is 6.57. The van der Waals surface area contributed by atoms with Crippen molar-refractivity contribution in [2.24, 2.45) is 5.92 Å². The molecule has 3 rings (SSSR count). The van der Waals surface area contributed by atoms with Crippen molar-refractivity contribution in [3.05, 3.63) is 60.2 Å². The molecular weight excluding hydrogens is 324 g/mol. The zero-order valence-electron chi connectivity index (χ0n) is 15.2. The molecule has 1 heterocycles. The zero-order chi connectivity index (χ0) is 18.5. The maximum Gasteiger partial charge on any atom is 0.287 e. The number of para-hydroxylation sites is 1. The molecule has 134 valence electrons. The molecule has 0 bridgehead atoms. The van der Waals surface area contributed by atoms with Crippen LogP contribution in [0.3, 0.4) is 0 Å². The smallest absolute Gasteiger partial charge is 0.287 e. The number of carbonyl (C=O) groups excluding carboxylic acids is 2. The van der Waals surface area contributed by atoms with E-state index in [1.165, 1.54) is 0 Å². The summed E-state index contributed by atoms with van der Waals surface area (Å²) in [6.45, 7) is 4.13. The average Bonchev–Trinajstić information content (AvgIpc) is 3.06. The van der Waals surface area contributed by atoms with E-state index < -0.39 is 5.91 Å². The minimum atomic E-state index is -0.486. The van der Waals surface area contributed by atoms with Crippen molar-refractivity contribution in [3.8, 4) is 11.3 Å². The van der Waals surface area contributed by atoms with Crippen LogP contribution in [0.5, 0.6) is 0 Å². The number of nitrogens with one attached hydrogen (secondary N) is 2. The van der Waals surface area contributed by atoms with Crippen molar-refractivity contribution < 1.29 is 9.59 Å². The number of hydrogen-bond donors (Lipinski definition) is 2. The molecule has 1 aromatic heterocycles. The van der Waals surface area contributed by atoms with Crippen LogP contribution in [0.1, 0.15) is 25.8 Å². The molecule has 1 amide bonds. The van der Waals surface area contributed by atoms with Gasteiger partial charge < -0.3 is 10.3 Å². The van der Waals surface area contributed by atoms with E-state index in [1.807, 2.05) is 37.3 Å². The third-order valence-corrected chi connectivity index (χ3v) is 4.82. The number of fused-ring (bicyclic) bond motifs is 1. The van der Waals surface area contributed by atoms with Crippen molar-refractivity contribution in [3.63, 3.8) is 0 Å². The molecule has 4 nitrogen and oxygen atoms in total. The number of carbonyl (C=O) groups is 2. The average molecular weight is 348 g/mol. The summed E-state index contributed by atoms with van der Waals surface area (Å²) in [5.74, 6) is -1.06. The summed E-state index contributed by atoms with van der Waals surface area (Å²) in [5.41, 5.74) is 4.40. The topological polar surface area (TPSA) is 62.0 Å². The Morgan fingerprint density at radius 2 is 1.73 bits per heavy atom. The molecule has 0 spiro atoms. The van der Waals surface area contributed by atoms with E-state index in [0.717, 1.165) is 27.7 Å². The van der Waals surface area contributed by atoms with Gasteiger partial charge in [-0.05, 0) is 30.0 Å². The first-order chi connectivity index (χ1) is 12.6. The molecule has 0 aliphatic rings. The fraction of sp³-hybridized carbons (Fsp3) is 0.273. The summed E-state index contributed by atoms with van der Waals surface area (Å²) in [6.07, 6.45) is 1.33. The Kier molecular flexibility index (Phi) is 5.52. The van der Waals surface area contributed by atoms with Crippen molar-refractivity contribution in [1.82, 2.24) is 10.3 Å². The number of ketones is 1. The van der Waals surface area contributed by atoms with Gasteiger partial charge in [-0.3, -0.25) is 9.59 Å². The Hall–Kier alpha value is -2.88. The predicted molar refractivity (Wildman–Crippen MR) is 105 cm³/mol. The van der Waals surface area contributed by atoms with Crippen LogP contribution in [0, 0.1) is 5.92 Å². The van der Waals surface area contributed by atoms with Crippen molar-refractivity contribution >= 4 is 22.6 Å². The van der Waals surface area contributed by atoms with E-state index in [2.05, 4.69) is 34.6 Å². The lowest BCUT2D eigenvalue weighted by atomic mass is 10.0. The van der Waals surface area contributed by atoms with Crippen LogP contribution in [0.15, 0.2) is 54.6 Å². The fourth-order valence-corrected chi connectivity index (χ4v) is 3.11. The van der Waals surface area contributed by atoms with Crippen molar-refractivity contribution in [1.29, 1.82) is 0 Å². The molecular formula is C22H24N2O2. The van der Waals surface area contributed by atoms with E-state index >= 15 is 0 Å². The molecule has 2 aromatic carbocycles. The van der Waals surface area contributed by atoms with Crippen LogP contribution >= 0.6 is 0 Å². The Bertz CT molecular complexity index is 912. The minimum absolute atomic E-state index is 0.233. The lowest BCUT2D eigenvalue weighted by Gasteiger charge is -2.09. The molecule has 0 saturated heterocycles. The molecule has 0 saturated carbocycles. The highest BCUT2D eigenvalue weighted by molar-refractivity contribution is 6.36. The monoisotopic (exact) mass is 348 g/mol. The van der Waals surface area contributed by atoms with E-state index in [-0.39, 0.29) is 11.7 Å². The minimum Gasteiger partial charge on any atom is -0.354 e. The number of benzene rings is 2. The second-order valence-electron chi connectivity index (χ2n) is 6.57. The first kappa shape index (κ1) is 17.9. The zero-order valence-corrected chi connectivity index (χ0v) is 15.2. The quantitative estimate of drug-likeness (QED) is 0.631. The molecule has 1 unspecified atom stereocenters. The molecule has 4 heteroatoms. The van der Waals surface area contributed by atoms with Crippen molar-refractivity contribution in [2.45, 2.75) is 26.7 Å². The Labute approximate surface area is 153 Å². The predicted octanol–water partition coefficient (Wildman–Crippen LogP) is 4.11. The molecule has 0 radical (unpaired) electrons. The number of rotatable bonds is 7. The standard InChI is InChI=1S/C22H24N2O2/c1-3-15(2)21(25)22(26)23-14-13-18-17-11-7-8-12-19(17)24-20(18)16-9-5-4-6-10-16/h4-12,15,24H,3,13-14H2,1-2H3,(H,23,26). The molecule has 0 aliphatic carbocycles. The van der Waals surface area contributed by atoms with Crippen LogP contribution in [0.4, 0.5) is 0 Å². The van der Waals surface area contributed by atoms with E-state index in [9.17, 15) is 9.59 Å². The van der Waals surface area contributed by atoms with Crippen LogP contribution in [0.25, 0.3) is 22.2 Å². The maximum absolute atomic E-state index is 12.0. The number of aromatic amines is 1. The van der Waals surface area contributed by atoms with Gasteiger partial charge in [0.15, 0.2) is 0 Å². The van der Waals surface area contributed by atoms with Crippen LogP contribution < -0.4 is 5.32 Å². The number of amides is 1. The molecule has 1 atom stereocenters. The lowest BCUT2D eigenvalue weighted by molar-refractivity contribution is -0.140. The summed E-state index contributed by atoms with van der Waals surface area (Å²) >= 11 is 0.